The molecule has 5 heteroatoms. The molecular weight excluding hydrogens is 228 g/mol. The van der Waals surface area contributed by atoms with Crippen LogP contribution in [0, 0.1) is 5.92 Å². The highest BCUT2D eigenvalue weighted by Crippen LogP contribution is 2.20. The van der Waals surface area contributed by atoms with Gasteiger partial charge in [0.25, 0.3) is 0 Å². The van der Waals surface area contributed by atoms with Crippen LogP contribution in [-0.2, 0) is 4.74 Å². The molecule has 1 aliphatic heterocycles. The summed E-state index contributed by atoms with van der Waals surface area (Å²) in [7, 11) is 3.95. The lowest BCUT2D eigenvalue weighted by atomic mass is 9.96. The minimum Gasteiger partial charge on any atom is -0.381 e. The number of anilines is 2. The molecule has 2 heterocycles. The Kier molecular flexibility index (Phi) is 4.75. The third kappa shape index (κ3) is 3.57. The van der Waals surface area contributed by atoms with E-state index in [-0.39, 0.29) is 0 Å². The molecule has 0 amide bonds. The van der Waals surface area contributed by atoms with E-state index in [0.717, 1.165) is 37.3 Å². The molecule has 1 aliphatic rings. The smallest absolute Gasteiger partial charge is 0.133 e. The summed E-state index contributed by atoms with van der Waals surface area (Å²) in [5.41, 5.74) is 0. The van der Waals surface area contributed by atoms with Gasteiger partial charge in [-0.3, -0.25) is 0 Å². The lowest BCUT2D eigenvalue weighted by molar-refractivity contribution is 0.0645. The van der Waals surface area contributed by atoms with Crippen LogP contribution in [0.2, 0.25) is 0 Å². The van der Waals surface area contributed by atoms with Crippen molar-refractivity contribution < 1.29 is 4.74 Å². The molecule has 18 heavy (non-hydrogen) atoms. The summed E-state index contributed by atoms with van der Waals surface area (Å²) in [6.07, 6.45) is 5.20. The lowest BCUT2D eigenvalue weighted by Gasteiger charge is -2.25. The fraction of sp³-hybridized carbons (Fsp3) is 0.692. The summed E-state index contributed by atoms with van der Waals surface area (Å²) in [6, 6.07) is 1.98. The largest absolute Gasteiger partial charge is 0.381 e. The number of hydrogen-bond acceptors (Lipinski definition) is 5. The topological polar surface area (TPSA) is 50.3 Å². The molecule has 0 unspecified atom stereocenters. The molecule has 0 aliphatic carbocycles. The molecule has 2 rings (SSSR count). The minimum absolute atomic E-state index is 0.798. The molecule has 5 nitrogen and oxygen atoms in total. The highest BCUT2D eigenvalue weighted by Gasteiger charge is 2.14. The maximum atomic E-state index is 5.38. The molecule has 100 valence electrons. The molecule has 1 aromatic rings. The normalized spacial score (nSPS) is 16.6. The monoisotopic (exact) mass is 250 g/mol. The van der Waals surface area contributed by atoms with Crippen molar-refractivity contribution in [3.05, 3.63) is 12.4 Å². The van der Waals surface area contributed by atoms with Gasteiger partial charge in [-0.15, -0.1) is 0 Å². The molecule has 1 aromatic heterocycles. The fourth-order valence-corrected chi connectivity index (χ4v) is 2.22. The molecule has 1 N–H and O–H groups in total. The molecular formula is C13H22N4O. The first-order chi connectivity index (χ1) is 8.79. The van der Waals surface area contributed by atoms with Crippen molar-refractivity contribution in [3.8, 4) is 0 Å². The van der Waals surface area contributed by atoms with E-state index in [2.05, 4.69) is 27.2 Å². The Bertz CT molecular complexity index is 366. The number of nitrogens with one attached hydrogen (secondary N) is 1. The average molecular weight is 250 g/mol. The molecule has 1 fully saturated rings. The van der Waals surface area contributed by atoms with Gasteiger partial charge in [0, 0.05) is 39.9 Å². The average Bonchev–Trinajstić information content (AvgIpc) is 2.46. The van der Waals surface area contributed by atoms with Crippen LogP contribution in [0.25, 0.3) is 0 Å². The van der Waals surface area contributed by atoms with Crippen molar-refractivity contribution in [1.29, 1.82) is 0 Å². The molecule has 0 saturated carbocycles. The summed E-state index contributed by atoms with van der Waals surface area (Å²) in [6.45, 7) is 2.88. The SMILES string of the molecule is CNc1cc(N(C)CCC2CCOCC2)ncn1. The van der Waals surface area contributed by atoms with Crippen molar-refractivity contribution in [3.63, 3.8) is 0 Å². The van der Waals surface area contributed by atoms with Crippen molar-refractivity contribution in [2.75, 3.05) is 44.1 Å². The highest BCUT2D eigenvalue weighted by molar-refractivity contribution is 5.47. The van der Waals surface area contributed by atoms with Gasteiger partial charge in [0.15, 0.2) is 0 Å². The Labute approximate surface area is 109 Å². The molecule has 0 aromatic carbocycles. The van der Waals surface area contributed by atoms with Crippen LogP contribution in [0.5, 0.6) is 0 Å². The van der Waals surface area contributed by atoms with E-state index in [1.165, 1.54) is 19.3 Å². The number of rotatable bonds is 5. The van der Waals surface area contributed by atoms with Crippen molar-refractivity contribution in [2.45, 2.75) is 19.3 Å². The Hall–Kier alpha value is -1.36. The second-order valence-electron chi connectivity index (χ2n) is 4.78. The Balaban J connectivity index is 1.84. The fourth-order valence-electron chi connectivity index (χ4n) is 2.22. The maximum Gasteiger partial charge on any atom is 0.133 e. The maximum absolute atomic E-state index is 5.38. The Morgan fingerprint density at radius 1 is 1.39 bits per heavy atom. The Morgan fingerprint density at radius 2 is 2.17 bits per heavy atom. The molecule has 0 atom stereocenters. The van der Waals surface area contributed by atoms with Crippen LogP contribution >= 0.6 is 0 Å². The van der Waals surface area contributed by atoms with E-state index >= 15 is 0 Å². The highest BCUT2D eigenvalue weighted by atomic mass is 16.5. The molecule has 1 saturated heterocycles. The third-order valence-electron chi connectivity index (χ3n) is 3.51. The first-order valence-corrected chi connectivity index (χ1v) is 6.58. The van der Waals surface area contributed by atoms with Crippen molar-refractivity contribution in [2.24, 2.45) is 5.92 Å². The van der Waals surface area contributed by atoms with Crippen LogP contribution in [0.15, 0.2) is 12.4 Å². The molecule has 0 bridgehead atoms. The summed E-state index contributed by atoms with van der Waals surface area (Å²) in [4.78, 5) is 10.6. The van der Waals surface area contributed by atoms with Gasteiger partial charge in [-0.2, -0.15) is 0 Å². The van der Waals surface area contributed by atoms with Gasteiger partial charge in [0.1, 0.15) is 18.0 Å². The van der Waals surface area contributed by atoms with Crippen LogP contribution in [0.3, 0.4) is 0 Å². The van der Waals surface area contributed by atoms with Crippen LogP contribution in [-0.4, -0.2) is 43.8 Å². The summed E-state index contributed by atoms with van der Waals surface area (Å²) in [5, 5.41) is 3.03. The van der Waals surface area contributed by atoms with Gasteiger partial charge in [0.05, 0.1) is 0 Å². The third-order valence-corrected chi connectivity index (χ3v) is 3.51. The quantitative estimate of drug-likeness (QED) is 0.863. The zero-order valence-electron chi connectivity index (χ0n) is 11.2. The number of ether oxygens (including phenoxy) is 1. The number of hydrogen-bond donors (Lipinski definition) is 1. The van der Waals surface area contributed by atoms with E-state index in [1.807, 2.05) is 13.1 Å². The van der Waals surface area contributed by atoms with Crippen LogP contribution in [0.1, 0.15) is 19.3 Å². The predicted molar refractivity (Wildman–Crippen MR) is 73.0 cm³/mol. The summed E-state index contributed by atoms with van der Waals surface area (Å²) in [5.74, 6) is 2.63. The van der Waals surface area contributed by atoms with Crippen molar-refractivity contribution in [1.82, 2.24) is 9.97 Å². The zero-order chi connectivity index (χ0) is 12.8. The number of aromatic nitrogens is 2. The molecule has 0 spiro atoms. The van der Waals surface area contributed by atoms with Crippen LogP contribution in [0.4, 0.5) is 11.6 Å². The predicted octanol–water partition coefficient (Wildman–Crippen LogP) is 1.77. The minimum atomic E-state index is 0.798. The standard InChI is InChI=1S/C13H22N4O/c1-14-12-9-13(16-10-15-12)17(2)6-3-11-4-7-18-8-5-11/h9-11H,3-8H2,1-2H3,(H,14,15,16). The van der Waals surface area contributed by atoms with Gasteiger partial charge >= 0.3 is 0 Å². The van der Waals surface area contributed by atoms with E-state index in [9.17, 15) is 0 Å². The van der Waals surface area contributed by atoms with Gasteiger partial charge in [0.2, 0.25) is 0 Å². The first kappa shape index (κ1) is 13.1. The van der Waals surface area contributed by atoms with Crippen molar-refractivity contribution >= 4 is 11.6 Å². The van der Waals surface area contributed by atoms with E-state index < -0.39 is 0 Å². The number of nitrogens with zero attached hydrogens (tertiary/aromatic N) is 3. The van der Waals surface area contributed by atoms with E-state index in [1.54, 1.807) is 6.33 Å². The van der Waals surface area contributed by atoms with Gasteiger partial charge in [-0.1, -0.05) is 0 Å². The summed E-state index contributed by atoms with van der Waals surface area (Å²) < 4.78 is 5.38. The van der Waals surface area contributed by atoms with E-state index in [0.29, 0.717) is 0 Å². The first-order valence-electron chi connectivity index (χ1n) is 6.58. The second kappa shape index (κ2) is 6.54. The van der Waals surface area contributed by atoms with E-state index in [4.69, 9.17) is 4.74 Å². The van der Waals surface area contributed by atoms with Gasteiger partial charge in [-0.25, -0.2) is 9.97 Å². The second-order valence-corrected chi connectivity index (χ2v) is 4.78. The Morgan fingerprint density at radius 3 is 2.89 bits per heavy atom. The summed E-state index contributed by atoms with van der Waals surface area (Å²) >= 11 is 0. The zero-order valence-corrected chi connectivity index (χ0v) is 11.2. The van der Waals surface area contributed by atoms with Gasteiger partial charge in [-0.05, 0) is 25.2 Å². The van der Waals surface area contributed by atoms with Gasteiger partial charge < -0.3 is 15.0 Å². The molecule has 0 radical (unpaired) electrons. The van der Waals surface area contributed by atoms with Crippen LogP contribution < -0.4 is 10.2 Å². The lowest BCUT2D eigenvalue weighted by Crippen LogP contribution is -2.24.